The fourth-order valence-electron chi connectivity index (χ4n) is 3.69. The van der Waals surface area contributed by atoms with E-state index in [4.69, 9.17) is 11.6 Å². The maximum Gasteiger partial charge on any atom is 0.279 e. The summed E-state index contributed by atoms with van der Waals surface area (Å²) in [6, 6.07) is 12.3. The van der Waals surface area contributed by atoms with E-state index in [1.807, 2.05) is 19.1 Å². The van der Waals surface area contributed by atoms with Gasteiger partial charge in [0.2, 0.25) is 0 Å². The molecular weight excluding hydrogens is 374 g/mol. The van der Waals surface area contributed by atoms with Crippen LogP contribution in [0.2, 0.25) is 5.02 Å². The van der Waals surface area contributed by atoms with Gasteiger partial charge in [-0.05, 0) is 61.7 Å². The SMILES string of the molecule is Cc1cc(NC(=O)c2cccc(Cl)c2)ccc1NC(=O)C[NH+]1CCC[C@@H](C)C1. The number of hydrogen-bond donors (Lipinski definition) is 3. The minimum atomic E-state index is -0.221. The first kappa shape index (κ1) is 20.4. The van der Waals surface area contributed by atoms with Gasteiger partial charge in [0.05, 0.1) is 13.1 Å². The lowest BCUT2D eigenvalue weighted by Gasteiger charge is -2.27. The number of amides is 2. The second-order valence-electron chi connectivity index (χ2n) is 7.67. The van der Waals surface area contributed by atoms with Crippen molar-refractivity contribution in [1.82, 2.24) is 0 Å². The van der Waals surface area contributed by atoms with Crippen LogP contribution in [0.15, 0.2) is 42.5 Å². The third-order valence-corrected chi connectivity index (χ3v) is 5.36. The van der Waals surface area contributed by atoms with Crippen LogP contribution in [0.5, 0.6) is 0 Å². The Hall–Kier alpha value is -2.37. The predicted molar refractivity (Wildman–Crippen MR) is 113 cm³/mol. The summed E-state index contributed by atoms with van der Waals surface area (Å²) in [6.07, 6.45) is 2.44. The first-order valence-electron chi connectivity index (χ1n) is 9.71. The Balaban J connectivity index is 1.59. The highest BCUT2D eigenvalue weighted by atomic mass is 35.5. The molecule has 0 bridgehead atoms. The van der Waals surface area contributed by atoms with Crippen LogP contribution >= 0.6 is 11.6 Å². The number of anilines is 2. The second-order valence-corrected chi connectivity index (χ2v) is 8.11. The van der Waals surface area contributed by atoms with E-state index in [0.717, 1.165) is 24.3 Å². The lowest BCUT2D eigenvalue weighted by atomic mass is 10.0. The molecule has 1 heterocycles. The number of carbonyl (C=O) groups excluding carboxylic acids is 2. The monoisotopic (exact) mass is 400 g/mol. The summed E-state index contributed by atoms with van der Waals surface area (Å²) >= 11 is 5.94. The van der Waals surface area contributed by atoms with Crippen LogP contribution in [0.25, 0.3) is 0 Å². The molecule has 0 spiro atoms. The molecule has 1 aliphatic heterocycles. The van der Waals surface area contributed by atoms with Gasteiger partial charge in [0, 0.05) is 27.9 Å². The minimum absolute atomic E-state index is 0.0305. The molecule has 1 saturated heterocycles. The molecule has 2 aromatic carbocycles. The summed E-state index contributed by atoms with van der Waals surface area (Å²) in [6.45, 7) is 6.78. The van der Waals surface area contributed by atoms with Gasteiger partial charge in [-0.15, -0.1) is 0 Å². The molecule has 28 heavy (non-hydrogen) atoms. The molecule has 1 unspecified atom stereocenters. The molecule has 0 saturated carbocycles. The first-order chi connectivity index (χ1) is 13.4. The topological polar surface area (TPSA) is 62.6 Å². The van der Waals surface area contributed by atoms with E-state index < -0.39 is 0 Å². The number of nitrogens with one attached hydrogen (secondary N) is 3. The number of halogens is 1. The van der Waals surface area contributed by atoms with Crippen LogP contribution in [-0.4, -0.2) is 31.4 Å². The Morgan fingerprint density at radius 3 is 2.71 bits per heavy atom. The average molecular weight is 401 g/mol. The van der Waals surface area contributed by atoms with E-state index in [0.29, 0.717) is 28.7 Å². The molecule has 3 rings (SSSR count). The molecular formula is C22H27ClN3O2+. The Morgan fingerprint density at radius 2 is 2.00 bits per heavy atom. The van der Waals surface area contributed by atoms with Crippen molar-refractivity contribution in [2.75, 3.05) is 30.3 Å². The highest BCUT2D eigenvalue weighted by Crippen LogP contribution is 2.21. The summed E-state index contributed by atoms with van der Waals surface area (Å²) in [5.74, 6) is 0.491. The Kier molecular flexibility index (Phi) is 6.70. The number of aryl methyl sites for hydroxylation is 1. The van der Waals surface area contributed by atoms with Crippen LogP contribution in [-0.2, 0) is 4.79 Å². The number of rotatable bonds is 5. The molecule has 5 nitrogen and oxygen atoms in total. The third kappa shape index (κ3) is 5.57. The number of quaternary nitrogens is 1. The molecule has 0 radical (unpaired) electrons. The number of likely N-dealkylation sites (tertiary alicyclic amines) is 1. The lowest BCUT2D eigenvalue weighted by molar-refractivity contribution is -0.900. The van der Waals surface area contributed by atoms with Crippen molar-refractivity contribution in [2.45, 2.75) is 26.7 Å². The molecule has 6 heteroatoms. The summed E-state index contributed by atoms with van der Waals surface area (Å²) in [7, 11) is 0. The highest BCUT2D eigenvalue weighted by molar-refractivity contribution is 6.31. The van der Waals surface area contributed by atoms with Gasteiger partial charge in [0.25, 0.3) is 11.8 Å². The Bertz CT molecular complexity index is 869. The zero-order valence-electron chi connectivity index (χ0n) is 16.3. The molecule has 2 aromatic rings. The minimum Gasteiger partial charge on any atom is -0.327 e. The number of piperidine rings is 1. The van der Waals surface area contributed by atoms with Gasteiger partial charge in [-0.3, -0.25) is 9.59 Å². The largest absolute Gasteiger partial charge is 0.327 e. The molecule has 2 atom stereocenters. The number of hydrogen-bond acceptors (Lipinski definition) is 2. The summed E-state index contributed by atoms with van der Waals surface area (Å²) in [5, 5.41) is 6.39. The van der Waals surface area contributed by atoms with Gasteiger partial charge in [0.1, 0.15) is 0 Å². The quantitative estimate of drug-likeness (QED) is 0.722. The molecule has 0 aliphatic carbocycles. The van der Waals surface area contributed by atoms with Crippen molar-refractivity contribution in [1.29, 1.82) is 0 Å². The zero-order chi connectivity index (χ0) is 20.1. The third-order valence-electron chi connectivity index (χ3n) is 5.12. The Labute approximate surface area is 171 Å². The molecule has 1 fully saturated rings. The molecule has 148 valence electrons. The molecule has 2 amide bonds. The number of carbonyl (C=O) groups is 2. The highest BCUT2D eigenvalue weighted by Gasteiger charge is 2.22. The van der Waals surface area contributed by atoms with Crippen molar-refractivity contribution >= 4 is 34.8 Å². The van der Waals surface area contributed by atoms with Gasteiger partial charge in [-0.25, -0.2) is 0 Å². The van der Waals surface area contributed by atoms with E-state index in [9.17, 15) is 9.59 Å². The zero-order valence-corrected chi connectivity index (χ0v) is 17.1. The van der Waals surface area contributed by atoms with Crippen molar-refractivity contribution < 1.29 is 14.5 Å². The second kappa shape index (κ2) is 9.22. The summed E-state index contributed by atoms with van der Waals surface area (Å²) in [5.41, 5.74) is 2.85. The van der Waals surface area contributed by atoms with E-state index in [1.54, 1.807) is 30.3 Å². The van der Waals surface area contributed by atoms with Crippen LogP contribution in [0.4, 0.5) is 11.4 Å². The molecule has 1 aliphatic rings. The average Bonchev–Trinajstić information content (AvgIpc) is 2.64. The van der Waals surface area contributed by atoms with E-state index in [-0.39, 0.29) is 11.8 Å². The van der Waals surface area contributed by atoms with Crippen molar-refractivity contribution in [2.24, 2.45) is 5.92 Å². The Morgan fingerprint density at radius 1 is 1.18 bits per heavy atom. The first-order valence-corrected chi connectivity index (χ1v) is 10.1. The van der Waals surface area contributed by atoms with Crippen LogP contribution in [0.3, 0.4) is 0 Å². The van der Waals surface area contributed by atoms with Crippen LogP contribution in [0.1, 0.15) is 35.7 Å². The van der Waals surface area contributed by atoms with E-state index in [2.05, 4.69) is 17.6 Å². The fraction of sp³-hybridized carbons (Fsp3) is 0.364. The van der Waals surface area contributed by atoms with Crippen molar-refractivity contribution in [3.05, 3.63) is 58.6 Å². The van der Waals surface area contributed by atoms with Gasteiger partial charge in [-0.1, -0.05) is 24.6 Å². The molecule has 0 aromatic heterocycles. The van der Waals surface area contributed by atoms with Gasteiger partial charge < -0.3 is 15.5 Å². The lowest BCUT2D eigenvalue weighted by Crippen LogP contribution is -3.14. The van der Waals surface area contributed by atoms with Gasteiger partial charge in [0.15, 0.2) is 6.54 Å². The standard InChI is InChI=1S/C22H26ClN3O2/c1-15-5-4-10-26(13-15)14-21(27)25-20-9-8-19(11-16(20)2)24-22(28)17-6-3-7-18(23)12-17/h3,6-9,11-12,15H,4-5,10,13-14H2,1-2H3,(H,24,28)(H,25,27)/p+1/t15-/m1/s1. The number of benzene rings is 2. The van der Waals surface area contributed by atoms with Crippen molar-refractivity contribution in [3.63, 3.8) is 0 Å². The van der Waals surface area contributed by atoms with Gasteiger partial charge >= 0.3 is 0 Å². The van der Waals surface area contributed by atoms with Crippen LogP contribution in [0, 0.1) is 12.8 Å². The van der Waals surface area contributed by atoms with E-state index >= 15 is 0 Å². The summed E-state index contributed by atoms with van der Waals surface area (Å²) in [4.78, 5) is 26.1. The maximum atomic E-state index is 12.4. The molecule has 3 N–H and O–H groups in total. The predicted octanol–water partition coefficient (Wildman–Crippen LogP) is 3.15. The maximum absolute atomic E-state index is 12.4. The smallest absolute Gasteiger partial charge is 0.279 e. The summed E-state index contributed by atoms with van der Waals surface area (Å²) < 4.78 is 0. The van der Waals surface area contributed by atoms with Crippen LogP contribution < -0.4 is 15.5 Å². The normalized spacial score (nSPS) is 19.1. The van der Waals surface area contributed by atoms with E-state index in [1.165, 1.54) is 17.7 Å². The fourth-order valence-corrected chi connectivity index (χ4v) is 3.88. The van der Waals surface area contributed by atoms with Gasteiger partial charge in [-0.2, -0.15) is 0 Å². The van der Waals surface area contributed by atoms with Crippen molar-refractivity contribution in [3.8, 4) is 0 Å².